The smallest absolute Gasteiger partial charge is 0.101 e. The lowest BCUT2D eigenvalue weighted by molar-refractivity contribution is 1.17. The molecule has 1 unspecified atom stereocenters. The van der Waals surface area contributed by atoms with E-state index in [0.717, 1.165) is 22.7 Å². The SMILES string of the molecule is C[SiH]1c2ccccc2-c2cc3c4ccccc4n(-c4cc(-c5cccc6c5sc5ccccc56)cc(N(c5ccccc5)c5ccccc5)c4)c3cc21. The fourth-order valence-electron chi connectivity index (χ4n) is 8.77. The van der Waals surface area contributed by atoms with Crippen LogP contribution in [0.2, 0.25) is 6.55 Å². The van der Waals surface area contributed by atoms with Gasteiger partial charge in [-0.15, -0.1) is 11.3 Å². The van der Waals surface area contributed by atoms with E-state index in [1.807, 2.05) is 11.3 Å². The second-order valence-electron chi connectivity index (χ2n) is 14.1. The van der Waals surface area contributed by atoms with Crippen LogP contribution in [0.4, 0.5) is 17.1 Å². The molecule has 0 spiro atoms. The van der Waals surface area contributed by atoms with Crippen molar-refractivity contribution in [3.63, 3.8) is 0 Å². The molecule has 53 heavy (non-hydrogen) atoms. The Bertz CT molecular complexity index is 2990. The van der Waals surface area contributed by atoms with Crippen LogP contribution in [0.25, 0.3) is 69.9 Å². The number of aromatic nitrogens is 1. The highest BCUT2D eigenvalue weighted by atomic mass is 32.1. The van der Waals surface area contributed by atoms with Crippen LogP contribution in [0.3, 0.4) is 0 Å². The zero-order valence-electron chi connectivity index (χ0n) is 29.2. The summed E-state index contributed by atoms with van der Waals surface area (Å²) in [7, 11) is -1.34. The summed E-state index contributed by atoms with van der Waals surface area (Å²) in [6.07, 6.45) is 0. The van der Waals surface area contributed by atoms with Gasteiger partial charge in [-0.1, -0.05) is 127 Å². The normalized spacial score (nSPS) is 13.6. The fraction of sp³-hybridized carbons (Fsp3) is 0.0204. The third-order valence-corrected chi connectivity index (χ3v) is 15.3. The van der Waals surface area contributed by atoms with E-state index in [4.69, 9.17) is 0 Å². The molecule has 250 valence electrons. The fourth-order valence-corrected chi connectivity index (χ4v) is 12.6. The zero-order valence-corrected chi connectivity index (χ0v) is 31.2. The molecule has 0 bridgehead atoms. The number of thiophene rings is 1. The van der Waals surface area contributed by atoms with Crippen molar-refractivity contribution in [2.75, 3.05) is 4.90 Å². The van der Waals surface area contributed by atoms with E-state index >= 15 is 0 Å². The lowest BCUT2D eigenvalue weighted by Gasteiger charge is -2.27. The first kappa shape index (κ1) is 30.4. The Labute approximate surface area is 314 Å². The van der Waals surface area contributed by atoms with Crippen molar-refractivity contribution >= 4 is 89.5 Å². The molecule has 2 aromatic heterocycles. The van der Waals surface area contributed by atoms with E-state index in [-0.39, 0.29) is 0 Å². The van der Waals surface area contributed by atoms with Crippen molar-refractivity contribution in [2.24, 2.45) is 0 Å². The summed E-state index contributed by atoms with van der Waals surface area (Å²) in [6.45, 7) is 2.49. The minimum Gasteiger partial charge on any atom is -0.310 e. The molecule has 1 atom stereocenters. The van der Waals surface area contributed by atoms with Gasteiger partial charge in [0.05, 0.1) is 11.0 Å². The van der Waals surface area contributed by atoms with Gasteiger partial charge in [-0.25, -0.2) is 0 Å². The molecule has 1 aliphatic rings. The Hall–Kier alpha value is -6.20. The van der Waals surface area contributed by atoms with Gasteiger partial charge in [0.1, 0.15) is 8.80 Å². The third kappa shape index (κ3) is 4.69. The minimum absolute atomic E-state index is 1.12. The molecule has 0 saturated heterocycles. The van der Waals surface area contributed by atoms with E-state index in [0.29, 0.717) is 0 Å². The maximum atomic E-state index is 2.53. The van der Waals surface area contributed by atoms with Gasteiger partial charge in [0, 0.05) is 53.7 Å². The van der Waals surface area contributed by atoms with Crippen LogP contribution in [-0.4, -0.2) is 13.4 Å². The Balaban J connectivity index is 1.23. The molecule has 10 aromatic rings. The summed E-state index contributed by atoms with van der Waals surface area (Å²) in [6, 6.07) is 67.4. The molecule has 1 aliphatic heterocycles. The summed E-state index contributed by atoms with van der Waals surface area (Å²) in [4.78, 5) is 2.40. The first-order chi connectivity index (χ1) is 26.2. The minimum atomic E-state index is -1.34. The van der Waals surface area contributed by atoms with Crippen molar-refractivity contribution in [3.8, 4) is 27.9 Å². The van der Waals surface area contributed by atoms with Crippen molar-refractivity contribution in [3.05, 3.63) is 182 Å². The first-order valence-electron chi connectivity index (χ1n) is 18.3. The molecule has 11 rings (SSSR count). The lowest BCUT2D eigenvalue weighted by Crippen LogP contribution is -2.34. The number of hydrogen-bond acceptors (Lipinski definition) is 2. The van der Waals surface area contributed by atoms with Crippen molar-refractivity contribution < 1.29 is 0 Å². The van der Waals surface area contributed by atoms with Gasteiger partial charge < -0.3 is 9.47 Å². The van der Waals surface area contributed by atoms with Crippen molar-refractivity contribution in [1.82, 2.24) is 4.57 Å². The molecule has 0 saturated carbocycles. The average molecular weight is 711 g/mol. The van der Waals surface area contributed by atoms with Crippen LogP contribution in [0.5, 0.6) is 0 Å². The van der Waals surface area contributed by atoms with E-state index in [1.165, 1.54) is 69.4 Å². The van der Waals surface area contributed by atoms with Gasteiger partial charge in [-0.3, -0.25) is 0 Å². The van der Waals surface area contributed by atoms with Gasteiger partial charge in [-0.05, 0) is 94.2 Å². The topological polar surface area (TPSA) is 8.17 Å². The van der Waals surface area contributed by atoms with E-state index in [2.05, 4.69) is 198 Å². The average Bonchev–Trinajstić information content (AvgIpc) is 3.85. The lowest BCUT2D eigenvalue weighted by atomic mass is 10.0. The maximum absolute atomic E-state index is 2.53. The molecule has 0 fully saturated rings. The van der Waals surface area contributed by atoms with Crippen LogP contribution in [0, 0.1) is 0 Å². The Morgan fingerprint density at radius 1 is 0.453 bits per heavy atom. The largest absolute Gasteiger partial charge is 0.310 e. The van der Waals surface area contributed by atoms with Gasteiger partial charge in [0.25, 0.3) is 0 Å². The molecule has 0 N–H and O–H groups in total. The summed E-state index contributed by atoms with van der Waals surface area (Å²) in [5.74, 6) is 0. The van der Waals surface area contributed by atoms with Crippen LogP contribution in [0.15, 0.2) is 182 Å². The van der Waals surface area contributed by atoms with Crippen LogP contribution in [-0.2, 0) is 0 Å². The van der Waals surface area contributed by atoms with Gasteiger partial charge >= 0.3 is 0 Å². The number of fused-ring (bicyclic) bond motifs is 9. The second kappa shape index (κ2) is 11.9. The highest BCUT2D eigenvalue weighted by Gasteiger charge is 2.28. The van der Waals surface area contributed by atoms with Gasteiger partial charge in [0.15, 0.2) is 0 Å². The van der Waals surface area contributed by atoms with Crippen LogP contribution < -0.4 is 15.3 Å². The Kier molecular flexibility index (Phi) is 6.84. The summed E-state index contributed by atoms with van der Waals surface area (Å²) in [5.41, 5.74) is 12.3. The third-order valence-electron chi connectivity index (χ3n) is 11.2. The number of hydrogen-bond donors (Lipinski definition) is 0. The standard InChI is InChI=1S/C49H34N2SSi/c1-53-47-26-13-10-21-40(47)43-30-42-38-19-8-11-24-44(38)51(45(42)31-48(43)53)36-28-32(37-22-14-23-41-39-20-9-12-25-46(39)52-49(37)41)27-35(29-36)50(33-15-4-2-5-16-33)34-17-6-3-7-18-34/h2-31,53H,1H3. The zero-order chi connectivity index (χ0) is 35.0. The van der Waals surface area contributed by atoms with E-state index < -0.39 is 8.80 Å². The van der Waals surface area contributed by atoms with Gasteiger partial charge in [0.2, 0.25) is 0 Å². The molecule has 0 radical (unpaired) electrons. The molecule has 0 amide bonds. The quantitative estimate of drug-likeness (QED) is 0.161. The van der Waals surface area contributed by atoms with Crippen LogP contribution in [0.1, 0.15) is 0 Å². The first-order valence-corrected chi connectivity index (χ1v) is 21.5. The molecular weight excluding hydrogens is 677 g/mol. The number of benzene rings is 8. The summed E-state index contributed by atoms with van der Waals surface area (Å²) < 4.78 is 5.17. The molecule has 4 heteroatoms. The Morgan fingerprint density at radius 2 is 1.11 bits per heavy atom. The number of nitrogens with zero attached hydrogens (tertiary/aromatic N) is 2. The predicted molar refractivity (Wildman–Crippen MR) is 232 cm³/mol. The van der Waals surface area contributed by atoms with E-state index in [9.17, 15) is 0 Å². The maximum Gasteiger partial charge on any atom is 0.101 e. The highest BCUT2D eigenvalue weighted by molar-refractivity contribution is 7.26. The number of anilines is 3. The molecular formula is C49H34N2SSi. The number of rotatable bonds is 5. The molecule has 3 heterocycles. The van der Waals surface area contributed by atoms with Gasteiger partial charge in [-0.2, -0.15) is 0 Å². The molecule has 8 aromatic carbocycles. The van der Waals surface area contributed by atoms with Crippen molar-refractivity contribution in [2.45, 2.75) is 6.55 Å². The van der Waals surface area contributed by atoms with Crippen LogP contribution >= 0.6 is 11.3 Å². The molecule has 2 nitrogen and oxygen atoms in total. The number of para-hydroxylation sites is 3. The summed E-state index contributed by atoms with van der Waals surface area (Å²) in [5, 5.41) is 8.29. The van der Waals surface area contributed by atoms with E-state index in [1.54, 1.807) is 5.19 Å². The summed E-state index contributed by atoms with van der Waals surface area (Å²) >= 11 is 1.89. The van der Waals surface area contributed by atoms with Crippen molar-refractivity contribution in [1.29, 1.82) is 0 Å². The highest BCUT2D eigenvalue weighted by Crippen LogP contribution is 2.44. The Morgan fingerprint density at radius 3 is 1.92 bits per heavy atom. The predicted octanol–water partition coefficient (Wildman–Crippen LogP) is 12.2. The second-order valence-corrected chi connectivity index (χ2v) is 17.9. The monoisotopic (exact) mass is 710 g/mol. The molecule has 0 aliphatic carbocycles.